The molecule has 0 bridgehead atoms. The Morgan fingerprint density at radius 1 is 1.27 bits per heavy atom. The van der Waals surface area contributed by atoms with E-state index < -0.39 is 29.8 Å². The van der Waals surface area contributed by atoms with E-state index in [0.717, 1.165) is 0 Å². The molecular weight excluding hydrogens is 198 g/mol. The van der Waals surface area contributed by atoms with Gasteiger partial charge in [-0.05, 0) is 20.3 Å². The molecule has 0 radical (unpaired) electrons. The molecule has 0 aliphatic heterocycles. The highest BCUT2D eigenvalue weighted by Gasteiger charge is 2.22. The molecule has 0 saturated carbocycles. The summed E-state index contributed by atoms with van der Waals surface area (Å²) in [6.07, 6.45) is 0.232. The van der Waals surface area contributed by atoms with Gasteiger partial charge in [0.15, 0.2) is 0 Å². The standard InChI is InChI=1S/C10H17NO4/c1-5-10(3,4)15-9(14)6-8(13)11-7(2)12/h5-6H2,1-4H3,(H,11,12,13). The number of hydrogen-bond acceptors (Lipinski definition) is 4. The van der Waals surface area contributed by atoms with Crippen molar-refractivity contribution in [3.8, 4) is 0 Å². The van der Waals surface area contributed by atoms with Gasteiger partial charge in [0.25, 0.3) is 0 Å². The van der Waals surface area contributed by atoms with Crippen LogP contribution in [0.15, 0.2) is 0 Å². The maximum absolute atomic E-state index is 11.2. The van der Waals surface area contributed by atoms with E-state index in [1.165, 1.54) is 6.92 Å². The van der Waals surface area contributed by atoms with Crippen molar-refractivity contribution in [1.82, 2.24) is 5.32 Å². The van der Waals surface area contributed by atoms with Crippen LogP contribution in [-0.4, -0.2) is 23.4 Å². The van der Waals surface area contributed by atoms with Crippen molar-refractivity contribution in [3.05, 3.63) is 0 Å². The van der Waals surface area contributed by atoms with Crippen molar-refractivity contribution in [2.24, 2.45) is 0 Å². The van der Waals surface area contributed by atoms with Crippen LogP contribution in [0.1, 0.15) is 40.5 Å². The second kappa shape index (κ2) is 5.48. The van der Waals surface area contributed by atoms with Gasteiger partial charge in [-0.15, -0.1) is 0 Å². The molecule has 0 aliphatic carbocycles. The highest BCUT2D eigenvalue weighted by molar-refractivity contribution is 6.02. The van der Waals surface area contributed by atoms with Gasteiger partial charge in [-0.2, -0.15) is 0 Å². The van der Waals surface area contributed by atoms with Crippen LogP contribution < -0.4 is 5.32 Å². The van der Waals surface area contributed by atoms with E-state index in [1.54, 1.807) is 13.8 Å². The fourth-order valence-electron chi connectivity index (χ4n) is 0.788. The van der Waals surface area contributed by atoms with Crippen molar-refractivity contribution >= 4 is 17.8 Å². The highest BCUT2D eigenvalue weighted by atomic mass is 16.6. The molecule has 0 fully saturated rings. The molecule has 0 aromatic rings. The number of hydrogen-bond donors (Lipinski definition) is 1. The van der Waals surface area contributed by atoms with E-state index in [0.29, 0.717) is 6.42 Å². The molecule has 1 N–H and O–H groups in total. The zero-order valence-electron chi connectivity index (χ0n) is 9.55. The minimum absolute atomic E-state index is 0.428. The summed E-state index contributed by atoms with van der Waals surface area (Å²) in [6.45, 7) is 6.60. The lowest BCUT2D eigenvalue weighted by Crippen LogP contribution is -2.33. The summed E-state index contributed by atoms with van der Waals surface area (Å²) in [7, 11) is 0. The van der Waals surface area contributed by atoms with Crippen molar-refractivity contribution in [1.29, 1.82) is 0 Å². The molecular formula is C10H17NO4. The van der Waals surface area contributed by atoms with E-state index in [9.17, 15) is 14.4 Å². The Morgan fingerprint density at radius 2 is 1.80 bits per heavy atom. The molecule has 0 aromatic heterocycles. The maximum atomic E-state index is 11.2. The first-order chi connectivity index (χ1) is 6.76. The van der Waals surface area contributed by atoms with Crippen LogP contribution in [0.3, 0.4) is 0 Å². The number of rotatable bonds is 4. The molecule has 0 spiro atoms. The van der Waals surface area contributed by atoms with Crippen LogP contribution in [0.25, 0.3) is 0 Å². The minimum atomic E-state index is -0.639. The molecule has 5 heteroatoms. The summed E-state index contributed by atoms with van der Waals surface area (Å²) in [5.41, 5.74) is -0.576. The zero-order valence-corrected chi connectivity index (χ0v) is 9.55. The number of carbonyl (C=O) groups is 3. The summed E-state index contributed by atoms with van der Waals surface area (Å²) in [4.78, 5) is 32.7. The second-order valence-electron chi connectivity index (χ2n) is 3.87. The van der Waals surface area contributed by atoms with Crippen molar-refractivity contribution < 1.29 is 19.1 Å². The monoisotopic (exact) mass is 215 g/mol. The zero-order chi connectivity index (χ0) is 12.1. The van der Waals surface area contributed by atoms with Gasteiger partial charge in [-0.3, -0.25) is 19.7 Å². The van der Waals surface area contributed by atoms with Gasteiger partial charge < -0.3 is 4.74 Å². The van der Waals surface area contributed by atoms with E-state index in [2.05, 4.69) is 0 Å². The Hall–Kier alpha value is -1.39. The van der Waals surface area contributed by atoms with Crippen LogP contribution in [0, 0.1) is 0 Å². The minimum Gasteiger partial charge on any atom is -0.459 e. The number of nitrogens with one attached hydrogen (secondary N) is 1. The fraction of sp³-hybridized carbons (Fsp3) is 0.700. The summed E-state index contributed by atoms with van der Waals surface area (Å²) >= 11 is 0. The predicted molar refractivity (Wildman–Crippen MR) is 53.9 cm³/mol. The fourth-order valence-corrected chi connectivity index (χ4v) is 0.788. The summed E-state index contributed by atoms with van der Waals surface area (Å²) in [6, 6.07) is 0. The van der Waals surface area contributed by atoms with Crippen molar-refractivity contribution in [2.75, 3.05) is 0 Å². The lowest BCUT2D eigenvalue weighted by molar-refractivity contribution is -0.158. The number of ether oxygens (including phenoxy) is 1. The first-order valence-electron chi connectivity index (χ1n) is 4.79. The number of carbonyl (C=O) groups excluding carboxylic acids is 3. The third-order valence-corrected chi connectivity index (χ3v) is 1.86. The van der Waals surface area contributed by atoms with Gasteiger partial charge in [0.05, 0.1) is 0 Å². The van der Waals surface area contributed by atoms with Crippen LogP contribution in [0.5, 0.6) is 0 Å². The Balaban J connectivity index is 4.04. The lowest BCUT2D eigenvalue weighted by atomic mass is 10.1. The SMILES string of the molecule is CCC(C)(C)OC(=O)CC(=O)NC(C)=O. The number of imide groups is 1. The van der Waals surface area contributed by atoms with E-state index in [-0.39, 0.29) is 0 Å². The maximum Gasteiger partial charge on any atom is 0.315 e. The molecule has 0 unspecified atom stereocenters. The normalized spacial score (nSPS) is 10.7. The molecule has 0 atom stereocenters. The lowest BCUT2D eigenvalue weighted by Gasteiger charge is -2.22. The van der Waals surface area contributed by atoms with Gasteiger partial charge in [-0.1, -0.05) is 6.92 Å². The smallest absolute Gasteiger partial charge is 0.315 e. The summed E-state index contributed by atoms with van der Waals surface area (Å²) in [5, 5.41) is 2.00. The topological polar surface area (TPSA) is 72.5 Å². The van der Waals surface area contributed by atoms with Crippen LogP contribution in [-0.2, 0) is 19.1 Å². The molecule has 0 aromatic carbocycles. The molecule has 0 rings (SSSR count). The molecule has 15 heavy (non-hydrogen) atoms. The van der Waals surface area contributed by atoms with Crippen LogP contribution in [0.2, 0.25) is 0 Å². The molecule has 86 valence electrons. The van der Waals surface area contributed by atoms with Gasteiger partial charge in [-0.25, -0.2) is 0 Å². The quantitative estimate of drug-likeness (QED) is 0.555. The van der Waals surface area contributed by atoms with Crippen LogP contribution in [0.4, 0.5) is 0 Å². The number of amides is 2. The molecule has 2 amide bonds. The van der Waals surface area contributed by atoms with Crippen molar-refractivity contribution in [2.45, 2.75) is 46.1 Å². The Morgan fingerprint density at radius 3 is 2.20 bits per heavy atom. The highest BCUT2D eigenvalue weighted by Crippen LogP contribution is 2.14. The summed E-state index contributed by atoms with van der Waals surface area (Å²) in [5.74, 6) is -1.75. The van der Waals surface area contributed by atoms with E-state index >= 15 is 0 Å². The first kappa shape index (κ1) is 13.6. The van der Waals surface area contributed by atoms with Gasteiger partial charge >= 0.3 is 5.97 Å². The molecule has 5 nitrogen and oxygen atoms in total. The Labute approximate surface area is 89.2 Å². The number of esters is 1. The largest absolute Gasteiger partial charge is 0.459 e. The molecule has 0 aliphatic rings. The second-order valence-corrected chi connectivity index (χ2v) is 3.87. The first-order valence-corrected chi connectivity index (χ1v) is 4.79. The van der Waals surface area contributed by atoms with E-state index in [4.69, 9.17) is 4.74 Å². The van der Waals surface area contributed by atoms with Crippen LogP contribution >= 0.6 is 0 Å². The van der Waals surface area contributed by atoms with Gasteiger partial charge in [0.1, 0.15) is 12.0 Å². The predicted octanol–water partition coefficient (Wildman–Crippen LogP) is 0.771. The third-order valence-electron chi connectivity index (χ3n) is 1.86. The summed E-state index contributed by atoms with van der Waals surface area (Å²) < 4.78 is 5.03. The third kappa shape index (κ3) is 6.65. The van der Waals surface area contributed by atoms with Gasteiger partial charge in [0.2, 0.25) is 11.8 Å². The Kier molecular flexibility index (Phi) is 4.97. The van der Waals surface area contributed by atoms with Gasteiger partial charge in [0, 0.05) is 6.92 Å². The van der Waals surface area contributed by atoms with E-state index in [1.807, 2.05) is 12.2 Å². The molecule has 0 saturated heterocycles. The molecule has 0 heterocycles. The average Bonchev–Trinajstić information content (AvgIpc) is 2.00. The average molecular weight is 215 g/mol. The Bertz CT molecular complexity index is 271. The van der Waals surface area contributed by atoms with Crippen molar-refractivity contribution in [3.63, 3.8) is 0 Å².